The van der Waals surface area contributed by atoms with E-state index in [1.807, 2.05) is 24.3 Å². The van der Waals surface area contributed by atoms with E-state index in [9.17, 15) is 14.4 Å². The molecule has 1 amide bonds. The van der Waals surface area contributed by atoms with Crippen molar-refractivity contribution in [2.24, 2.45) is 0 Å². The van der Waals surface area contributed by atoms with Gasteiger partial charge in [0.15, 0.2) is 0 Å². The first-order chi connectivity index (χ1) is 14.6. The summed E-state index contributed by atoms with van der Waals surface area (Å²) in [5.41, 5.74) is 3.87. The van der Waals surface area contributed by atoms with Gasteiger partial charge in [0.05, 0.1) is 22.1 Å². The van der Waals surface area contributed by atoms with Gasteiger partial charge in [-0.05, 0) is 56.0 Å². The number of anilines is 1. The summed E-state index contributed by atoms with van der Waals surface area (Å²) < 4.78 is 3.25. The number of rotatable bonds is 4. The van der Waals surface area contributed by atoms with Gasteiger partial charge < -0.3 is 15.3 Å². The number of para-hydroxylation sites is 2. The number of nitrogens with one attached hydrogen (secondary N) is 3. The van der Waals surface area contributed by atoms with Gasteiger partial charge in [0.1, 0.15) is 6.54 Å². The fourth-order valence-corrected chi connectivity index (χ4v) is 4.12. The summed E-state index contributed by atoms with van der Waals surface area (Å²) in [5, 5.41) is 2.81. The smallest absolute Gasteiger partial charge is 0.324 e. The summed E-state index contributed by atoms with van der Waals surface area (Å²) in [5.74, 6) is -0.310. The lowest BCUT2D eigenvalue weighted by Crippen LogP contribution is -2.29. The number of fused-ring (bicyclic) bond motifs is 2. The molecule has 0 radical (unpaired) electrons. The number of allylic oxidation sites excluding steroid dienone is 2. The Bertz CT molecular complexity index is 1420. The maximum Gasteiger partial charge on any atom is 0.333 e. The molecule has 8 nitrogen and oxygen atoms in total. The monoisotopic (exact) mass is 403 g/mol. The molecule has 0 saturated carbocycles. The minimum Gasteiger partial charge on any atom is -0.324 e. The van der Waals surface area contributed by atoms with Gasteiger partial charge in [-0.3, -0.25) is 13.9 Å². The zero-order chi connectivity index (χ0) is 20.7. The van der Waals surface area contributed by atoms with E-state index in [2.05, 4.69) is 21.4 Å². The number of aromatic amines is 2. The van der Waals surface area contributed by atoms with Gasteiger partial charge in [-0.2, -0.15) is 0 Å². The molecule has 0 fully saturated rings. The highest BCUT2D eigenvalue weighted by molar-refractivity contribution is 5.93. The molecule has 30 heavy (non-hydrogen) atoms. The molecule has 2 aromatic carbocycles. The second kappa shape index (κ2) is 7.22. The number of benzene rings is 2. The van der Waals surface area contributed by atoms with E-state index in [4.69, 9.17) is 0 Å². The van der Waals surface area contributed by atoms with Crippen LogP contribution >= 0.6 is 0 Å². The molecule has 2 heterocycles. The minimum atomic E-state index is -0.310. The van der Waals surface area contributed by atoms with E-state index in [1.165, 1.54) is 4.57 Å². The number of hydrogen-bond acceptors (Lipinski definition) is 3. The largest absolute Gasteiger partial charge is 0.333 e. The number of hydrogen-bond donors (Lipinski definition) is 3. The molecule has 152 valence electrons. The Morgan fingerprint density at radius 3 is 2.60 bits per heavy atom. The van der Waals surface area contributed by atoms with Crippen LogP contribution in [0, 0.1) is 0 Å². The molecule has 0 unspecified atom stereocenters. The molecular weight excluding hydrogens is 382 g/mol. The molecular formula is C22H21N5O3. The molecule has 8 heteroatoms. The summed E-state index contributed by atoms with van der Waals surface area (Å²) in [6.07, 6.45) is 6.13. The third-order valence-electron chi connectivity index (χ3n) is 5.49. The number of carbonyl (C=O) groups excluding carboxylic acids is 1. The van der Waals surface area contributed by atoms with E-state index in [0.717, 1.165) is 42.4 Å². The van der Waals surface area contributed by atoms with Crippen molar-refractivity contribution in [1.82, 2.24) is 19.1 Å². The lowest BCUT2D eigenvalue weighted by Gasteiger charge is -2.13. The van der Waals surface area contributed by atoms with Crippen LogP contribution in [0.15, 0.2) is 58.1 Å². The summed E-state index contributed by atoms with van der Waals surface area (Å²) in [6.45, 7) is -0.0959. The van der Waals surface area contributed by atoms with Crippen LogP contribution in [0.4, 0.5) is 5.69 Å². The number of imidazole rings is 2. The predicted octanol–water partition coefficient (Wildman–Crippen LogP) is 3.03. The standard InChI is InChI=1S/C22H21N5O3/c28-20(23-14-10-11-16-17(12-14)25-21(29)24-16)13-26-18-8-4-5-9-19(18)27(22(26)30)15-6-2-1-3-7-15/h4-6,8-12H,1-3,7,13H2,(H,23,28)(H2,24,25,29). The Morgan fingerprint density at radius 2 is 1.80 bits per heavy atom. The van der Waals surface area contributed by atoms with Crippen LogP contribution in [0.5, 0.6) is 0 Å². The summed E-state index contributed by atoms with van der Waals surface area (Å²) in [7, 11) is 0. The van der Waals surface area contributed by atoms with Crippen molar-refractivity contribution in [2.45, 2.75) is 32.2 Å². The third kappa shape index (κ3) is 3.16. The van der Waals surface area contributed by atoms with E-state index in [1.54, 1.807) is 22.8 Å². The minimum absolute atomic E-state index is 0.0959. The van der Waals surface area contributed by atoms with E-state index >= 15 is 0 Å². The molecule has 1 aliphatic carbocycles. The topological polar surface area (TPSA) is 105 Å². The lowest BCUT2D eigenvalue weighted by molar-refractivity contribution is -0.116. The van der Waals surface area contributed by atoms with Crippen LogP contribution in [0.2, 0.25) is 0 Å². The van der Waals surface area contributed by atoms with Crippen molar-refractivity contribution in [3.63, 3.8) is 0 Å². The fourth-order valence-electron chi connectivity index (χ4n) is 4.12. The number of carbonyl (C=O) groups is 1. The van der Waals surface area contributed by atoms with Gasteiger partial charge in [0.2, 0.25) is 5.91 Å². The average molecular weight is 403 g/mol. The van der Waals surface area contributed by atoms with Crippen LogP contribution in [0.1, 0.15) is 25.7 Å². The van der Waals surface area contributed by atoms with Gasteiger partial charge in [-0.25, -0.2) is 9.59 Å². The molecule has 0 spiro atoms. The van der Waals surface area contributed by atoms with Crippen LogP contribution in [0.3, 0.4) is 0 Å². The van der Waals surface area contributed by atoms with Gasteiger partial charge in [-0.1, -0.05) is 18.2 Å². The summed E-state index contributed by atoms with van der Waals surface area (Å²) in [4.78, 5) is 42.7. The van der Waals surface area contributed by atoms with Crippen molar-refractivity contribution in [3.8, 4) is 0 Å². The van der Waals surface area contributed by atoms with Crippen molar-refractivity contribution < 1.29 is 4.79 Å². The number of H-pyrrole nitrogens is 2. The van der Waals surface area contributed by atoms with Crippen molar-refractivity contribution in [2.75, 3.05) is 5.32 Å². The zero-order valence-corrected chi connectivity index (χ0v) is 16.3. The highest BCUT2D eigenvalue weighted by atomic mass is 16.2. The third-order valence-corrected chi connectivity index (χ3v) is 5.49. The van der Waals surface area contributed by atoms with Gasteiger partial charge in [0.25, 0.3) is 0 Å². The Morgan fingerprint density at radius 1 is 1.00 bits per heavy atom. The van der Waals surface area contributed by atoms with Crippen molar-refractivity contribution >= 4 is 39.4 Å². The second-order valence-corrected chi connectivity index (χ2v) is 7.52. The van der Waals surface area contributed by atoms with Crippen LogP contribution in [-0.4, -0.2) is 25.0 Å². The molecule has 2 aromatic heterocycles. The number of amides is 1. The first-order valence-electron chi connectivity index (χ1n) is 10.0. The molecule has 4 aromatic rings. The first-order valence-corrected chi connectivity index (χ1v) is 10.0. The maximum atomic E-state index is 13.2. The molecule has 0 aliphatic heterocycles. The van der Waals surface area contributed by atoms with Crippen molar-refractivity contribution in [3.05, 3.63) is 69.5 Å². The quantitative estimate of drug-likeness (QED) is 0.488. The summed E-state index contributed by atoms with van der Waals surface area (Å²) in [6, 6.07) is 12.7. The van der Waals surface area contributed by atoms with Crippen LogP contribution in [-0.2, 0) is 11.3 Å². The molecule has 0 bridgehead atoms. The van der Waals surface area contributed by atoms with Gasteiger partial charge in [0, 0.05) is 11.4 Å². The highest BCUT2D eigenvalue weighted by Crippen LogP contribution is 2.25. The normalized spacial score (nSPS) is 14.2. The lowest BCUT2D eigenvalue weighted by atomic mass is 10.0. The fraction of sp³-hybridized carbons (Fsp3) is 0.227. The number of nitrogens with zero attached hydrogens (tertiary/aromatic N) is 2. The molecule has 0 saturated heterocycles. The highest BCUT2D eigenvalue weighted by Gasteiger charge is 2.18. The predicted molar refractivity (Wildman–Crippen MR) is 116 cm³/mol. The second-order valence-electron chi connectivity index (χ2n) is 7.52. The molecule has 5 rings (SSSR count). The van der Waals surface area contributed by atoms with Gasteiger partial charge in [-0.15, -0.1) is 0 Å². The Balaban J connectivity index is 1.47. The van der Waals surface area contributed by atoms with Crippen molar-refractivity contribution in [1.29, 1.82) is 0 Å². The molecule has 3 N–H and O–H groups in total. The van der Waals surface area contributed by atoms with E-state index < -0.39 is 0 Å². The van der Waals surface area contributed by atoms with E-state index in [0.29, 0.717) is 16.7 Å². The number of aromatic nitrogens is 4. The zero-order valence-electron chi connectivity index (χ0n) is 16.3. The SMILES string of the molecule is O=C(Cn1c(=O)n(C2=CCCCC2)c2ccccc21)Nc1ccc2[nH]c(=O)[nH]c2c1. The summed E-state index contributed by atoms with van der Waals surface area (Å²) >= 11 is 0. The Hall–Kier alpha value is -3.81. The molecule has 0 atom stereocenters. The maximum absolute atomic E-state index is 13.2. The average Bonchev–Trinajstić information content (AvgIpc) is 3.25. The Labute approximate surface area is 170 Å². The first kappa shape index (κ1) is 18.2. The Kier molecular flexibility index (Phi) is 4.39. The van der Waals surface area contributed by atoms with Gasteiger partial charge >= 0.3 is 11.4 Å². The molecule has 1 aliphatic rings. The van der Waals surface area contributed by atoms with Crippen LogP contribution in [0.25, 0.3) is 27.8 Å². The van der Waals surface area contributed by atoms with Crippen LogP contribution < -0.4 is 16.7 Å². The van der Waals surface area contributed by atoms with E-state index in [-0.39, 0.29) is 23.8 Å².